The van der Waals surface area contributed by atoms with Gasteiger partial charge in [-0.2, -0.15) is 13.2 Å². The van der Waals surface area contributed by atoms with Crippen LogP contribution in [0.1, 0.15) is 72.1 Å². The molecule has 3 aliphatic carbocycles. The molecule has 3 saturated carbocycles. The van der Waals surface area contributed by atoms with Crippen molar-refractivity contribution in [2.75, 3.05) is 0 Å². The lowest BCUT2D eigenvalue weighted by molar-refractivity contribution is -0.302. The van der Waals surface area contributed by atoms with E-state index in [0.29, 0.717) is 12.8 Å². The molecule has 0 radical (unpaired) electrons. The normalized spacial score (nSPS) is 39.3. The third-order valence-corrected chi connectivity index (χ3v) is 7.46. The molecule has 0 spiro atoms. The second-order valence-corrected chi connectivity index (χ2v) is 9.45. The number of carbonyl (C=O) groups is 1. The smallest absolute Gasteiger partial charge is 0.417 e. The molecule has 6 heteroatoms. The maximum absolute atomic E-state index is 13.8. The van der Waals surface area contributed by atoms with E-state index < -0.39 is 17.7 Å². The number of halogens is 3. The van der Waals surface area contributed by atoms with Crippen molar-refractivity contribution in [1.82, 2.24) is 0 Å². The summed E-state index contributed by atoms with van der Waals surface area (Å²) >= 11 is 0. The molecular formula is C21H33F3O3. The molecule has 3 rings (SSSR count). The van der Waals surface area contributed by atoms with Crippen molar-refractivity contribution in [3.05, 3.63) is 0 Å². The number of esters is 1. The lowest BCUT2D eigenvalue weighted by Crippen LogP contribution is -2.62. The maximum Gasteiger partial charge on any atom is 0.417 e. The minimum absolute atomic E-state index is 0.0698. The van der Waals surface area contributed by atoms with E-state index in [9.17, 15) is 23.1 Å². The van der Waals surface area contributed by atoms with E-state index in [1.54, 1.807) is 13.8 Å². The molecule has 0 aromatic heterocycles. The van der Waals surface area contributed by atoms with E-state index >= 15 is 0 Å². The summed E-state index contributed by atoms with van der Waals surface area (Å²) in [6.45, 7) is 4.55. The molecule has 0 bridgehead atoms. The highest BCUT2D eigenvalue weighted by Crippen LogP contribution is 2.59. The average Bonchev–Trinajstić information content (AvgIpc) is 2.60. The molecule has 3 aliphatic rings. The highest BCUT2D eigenvalue weighted by atomic mass is 19.4. The van der Waals surface area contributed by atoms with Gasteiger partial charge < -0.3 is 9.84 Å². The zero-order valence-corrected chi connectivity index (χ0v) is 16.6. The quantitative estimate of drug-likeness (QED) is 0.681. The third kappa shape index (κ3) is 3.75. The number of rotatable bonds is 3. The van der Waals surface area contributed by atoms with Crippen LogP contribution in [0.3, 0.4) is 0 Å². The average molecular weight is 390 g/mol. The Balaban J connectivity index is 1.99. The molecule has 5 atom stereocenters. The van der Waals surface area contributed by atoms with Crippen LogP contribution in [0.4, 0.5) is 13.2 Å². The first-order chi connectivity index (χ1) is 12.6. The molecule has 1 N–H and O–H groups in total. The lowest BCUT2D eigenvalue weighted by atomic mass is 9.50. The molecule has 0 aliphatic heterocycles. The van der Waals surface area contributed by atoms with Crippen molar-refractivity contribution >= 4 is 5.97 Å². The van der Waals surface area contributed by atoms with Gasteiger partial charge in [-0.1, -0.05) is 39.5 Å². The van der Waals surface area contributed by atoms with Gasteiger partial charge in [0.1, 0.15) is 6.10 Å². The van der Waals surface area contributed by atoms with Gasteiger partial charge in [-0.3, -0.25) is 4.79 Å². The second-order valence-electron chi connectivity index (χ2n) is 9.45. The van der Waals surface area contributed by atoms with E-state index in [4.69, 9.17) is 4.74 Å². The minimum Gasteiger partial charge on any atom is -0.462 e. The van der Waals surface area contributed by atoms with Crippen molar-refractivity contribution in [2.45, 2.75) is 90.0 Å². The van der Waals surface area contributed by atoms with Crippen LogP contribution in [-0.4, -0.2) is 29.0 Å². The van der Waals surface area contributed by atoms with Crippen LogP contribution >= 0.6 is 0 Å². The summed E-state index contributed by atoms with van der Waals surface area (Å²) in [4.78, 5) is 12.3. The Bertz CT molecular complexity index is 519. The highest BCUT2D eigenvalue weighted by molar-refractivity contribution is 5.71. The summed E-state index contributed by atoms with van der Waals surface area (Å²) in [7, 11) is 0. The molecule has 156 valence electrons. The molecule has 27 heavy (non-hydrogen) atoms. The molecule has 3 nitrogen and oxygen atoms in total. The Kier molecular flexibility index (Phi) is 5.87. The predicted octanol–water partition coefficient (Wildman–Crippen LogP) is 5.11. The second kappa shape index (κ2) is 7.57. The standard InChI is InChI=1S/C21H33F3O3/c1-12(2)19(25)27-18-15-10-6-4-8-13(15)17(20(3,26)21(22,23)24)14-9-5-7-11-16(14)18/h12-18,26H,4-11H2,1-3H3. The monoisotopic (exact) mass is 390 g/mol. The van der Waals surface area contributed by atoms with Gasteiger partial charge in [0, 0.05) is 5.92 Å². The summed E-state index contributed by atoms with van der Waals surface area (Å²) in [6.07, 6.45) is 1.66. The van der Waals surface area contributed by atoms with Crippen LogP contribution in [0.5, 0.6) is 0 Å². The van der Waals surface area contributed by atoms with E-state index in [1.165, 1.54) is 0 Å². The summed E-state index contributed by atoms with van der Waals surface area (Å²) in [5, 5.41) is 10.7. The number of carbonyl (C=O) groups excluding carboxylic acids is 1. The number of fused-ring (bicyclic) bond motifs is 2. The van der Waals surface area contributed by atoms with Gasteiger partial charge in [0.05, 0.1) is 5.92 Å². The Labute approximate surface area is 160 Å². The molecule has 0 aromatic carbocycles. The first-order valence-electron chi connectivity index (χ1n) is 10.5. The van der Waals surface area contributed by atoms with Crippen LogP contribution < -0.4 is 0 Å². The summed E-state index contributed by atoms with van der Waals surface area (Å²) in [5.41, 5.74) is -2.69. The fraction of sp³-hybridized carbons (Fsp3) is 0.952. The number of alkyl halides is 3. The zero-order valence-electron chi connectivity index (χ0n) is 16.6. The zero-order chi connectivity index (χ0) is 20.0. The maximum atomic E-state index is 13.8. The fourth-order valence-electron chi connectivity index (χ4n) is 6.19. The van der Waals surface area contributed by atoms with Gasteiger partial charge >= 0.3 is 12.1 Å². The summed E-state index contributed by atoms with van der Waals surface area (Å²) in [6, 6.07) is 0. The summed E-state index contributed by atoms with van der Waals surface area (Å²) < 4.78 is 47.4. The Morgan fingerprint density at radius 1 is 0.926 bits per heavy atom. The molecule has 0 amide bonds. The SMILES string of the molecule is CC(C)C(=O)OC1C2CCCCC2C(C(C)(O)C(F)(F)F)C2CCCCC21. The van der Waals surface area contributed by atoms with Crippen molar-refractivity contribution in [3.8, 4) is 0 Å². The van der Waals surface area contributed by atoms with Crippen LogP contribution in [-0.2, 0) is 9.53 Å². The fourth-order valence-corrected chi connectivity index (χ4v) is 6.19. The van der Waals surface area contributed by atoms with Crippen LogP contribution in [0.2, 0.25) is 0 Å². The van der Waals surface area contributed by atoms with Crippen molar-refractivity contribution in [3.63, 3.8) is 0 Å². The topological polar surface area (TPSA) is 46.5 Å². The number of hydrogen-bond donors (Lipinski definition) is 1. The van der Waals surface area contributed by atoms with Crippen LogP contribution in [0.15, 0.2) is 0 Å². The molecule has 0 heterocycles. The van der Waals surface area contributed by atoms with Gasteiger partial charge in [0.15, 0.2) is 5.60 Å². The first kappa shape index (κ1) is 20.9. The van der Waals surface area contributed by atoms with Gasteiger partial charge in [0.25, 0.3) is 0 Å². The highest BCUT2D eigenvalue weighted by Gasteiger charge is 2.64. The number of aliphatic hydroxyl groups is 1. The van der Waals surface area contributed by atoms with Crippen LogP contribution in [0, 0.1) is 35.5 Å². The predicted molar refractivity (Wildman–Crippen MR) is 95.8 cm³/mol. The Morgan fingerprint density at radius 2 is 1.33 bits per heavy atom. The van der Waals surface area contributed by atoms with Crippen molar-refractivity contribution in [1.29, 1.82) is 0 Å². The largest absolute Gasteiger partial charge is 0.462 e. The van der Waals surface area contributed by atoms with Gasteiger partial charge in [0.2, 0.25) is 0 Å². The molecule has 0 saturated heterocycles. The molecule has 5 unspecified atom stereocenters. The Hall–Kier alpha value is -0.780. The van der Waals surface area contributed by atoms with E-state index in [0.717, 1.165) is 45.4 Å². The van der Waals surface area contributed by atoms with E-state index in [2.05, 4.69) is 0 Å². The molecule has 0 aromatic rings. The Morgan fingerprint density at radius 3 is 1.70 bits per heavy atom. The molecule has 3 fully saturated rings. The number of ether oxygens (including phenoxy) is 1. The van der Waals surface area contributed by atoms with Crippen LogP contribution in [0.25, 0.3) is 0 Å². The number of hydrogen-bond acceptors (Lipinski definition) is 3. The third-order valence-electron chi connectivity index (χ3n) is 7.46. The first-order valence-corrected chi connectivity index (χ1v) is 10.5. The minimum atomic E-state index is -4.65. The van der Waals surface area contributed by atoms with Gasteiger partial charge in [-0.25, -0.2) is 0 Å². The van der Waals surface area contributed by atoms with E-state index in [1.807, 2.05) is 0 Å². The van der Waals surface area contributed by atoms with Crippen molar-refractivity contribution in [2.24, 2.45) is 35.5 Å². The van der Waals surface area contributed by atoms with Gasteiger partial charge in [-0.15, -0.1) is 0 Å². The van der Waals surface area contributed by atoms with E-state index in [-0.39, 0.29) is 41.7 Å². The lowest BCUT2D eigenvalue weighted by Gasteiger charge is -2.58. The summed E-state index contributed by atoms with van der Waals surface area (Å²) in [5.74, 6) is -1.92. The van der Waals surface area contributed by atoms with Gasteiger partial charge in [-0.05, 0) is 56.3 Å². The van der Waals surface area contributed by atoms with Crippen molar-refractivity contribution < 1.29 is 27.8 Å². The molecular weight excluding hydrogens is 357 g/mol.